The Kier molecular flexibility index (Phi) is 4.52. The van der Waals surface area contributed by atoms with E-state index in [0.717, 1.165) is 18.4 Å². The predicted molar refractivity (Wildman–Crippen MR) is 77.9 cm³/mol. The van der Waals surface area contributed by atoms with E-state index >= 15 is 0 Å². The second-order valence-corrected chi connectivity index (χ2v) is 6.17. The molecule has 0 aromatic carbocycles. The van der Waals surface area contributed by atoms with E-state index in [1.54, 1.807) is 0 Å². The van der Waals surface area contributed by atoms with Crippen LogP contribution in [-0.4, -0.2) is 25.6 Å². The highest BCUT2D eigenvalue weighted by molar-refractivity contribution is 5.80. The van der Waals surface area contributed by atoms with E-state index in [9.17, 15) is 0 Å². The van der Waals surface area contributed by atoms with Crippen LogP contribution >= 0.6 is 0 Å². The number of guanidine groups is 1. The molecule has 0 saturated heterocycles. The van der Waals surface area contributed by atoms with Crippen LogP contribution in [0, 0.1) is 11.3 Å². The highest BCUT2D eigenvalue weighted by atomic mass is 15.2. The molecule has 2 atom stereocenters. The summed E-state index contributed by atoms with van der Waals surface area (Å²) in [4.78, 5) is 4.35. The molecule has 0 aromatic rings. The standard InChI is InChI=1S/C15H29N3/c1-4-7-12-10-13(12)18-14(16-3)17-11-15(5-2)8-6-9-15/h12-13H,4-11H2,1-3H3,(H2,16,17,18). The lowest BCUT2D eigenvalue weighted by Gasteiger charge is -2.41. The van der Waals surface area contributed by atoms with Gasteiger partial charge in [0, 0.05) is 19.6 Å². The Labute approximate surface area is 112 Å². The molecule has 0 radical (unpaired) electrons. The van der Waals surface area contributed by atoms with Crippen LogP contribution in [0.3, 0.4) is 0 Å². The van der Waals surface area contributed by atoms with Crippen LogP contribution in [0.5, 0.6) is 0 Å². The fourth-order valence-corrected chi connectivity index (χ4v) is 3.09. The van der Waals surface area contributed by atoms with Crippen molar-refractivity contribution in [1.82, 2.24) is 10.6 Å². The molecule has 104 valence electrons. The summed E-state index contributed by atoms with van der Waals surface area (Å²) < 4.78 is 0. The lowest BCUT2D eigenvalue weighted by Crippen LogP contribution is -2.47. The van der Waals surface area contributed by atoms with Crippen LogP contribution in [0.15, 0.2) is 4.99 Å². The van der Waals surface area contributed by atoms with Crippen LogP contribution in [0.1, 0.15) is 58.8 Å². The van der Waals surface area contributed by atoms with Crippen molar-refractivity contribution < 1.29 is 0 Å². The van der Waals surface area contributed by atoms with Crippen molar-refractivity contribution in [2.75, 3.05) is 13.6 Å². The monoisotopic (exact) mass is 251 g/mol. The molecule has 2 fully saturated rings. The second kappa shape index (κ2) is 5.94. The third kappa shape index (κ3) is 3.18. The van der Waals surface area contributed by atoms with Gasteiger partial charge in [0.1, 0.15) is 0 Å². The maximum absolute atomic E-state index is 4.35. The number of hydrogen-bond donors (Lipinski definition) is 2. The Morgan fingerprint density at radius 1 is 1.33 bits per heavy atom. The first-order valence-corrected chi connectivity index (χ1v) is 7.70. The zero-order valence-electron chi connectivity index (χ0n) is 12.3. The summed E-state index contributed by atoms with van der Waals surface area (Å²) >= 11 is 0. The van der Waals surface area contributed by atoms with Gasteiger partial charge in [0.2, 0.25) is 0 Å². The molecule has 2 N–H and O–H groups in total. The molecule has 18 heavy (non-hydrogen) atoms. The zero-order chi connectivity index (χ0) is 13.0. The Morgan fingerprint density at radius 2 is 2.11 bits per heavy atom. The van der Waals surface area contributed by atoms with E-state index in [0.29, 0.717) is 11.5 Å². The summed E-state index contributed by atoms with van der Waals surface area (Å²) in [7, 11) is 1.88. The van der Waals surface area contributed by atoms with E-state index in [1.165, 1.54) is 44.9 Å². The van der Waals surface area contributed by atoms with Crippen LogP contribution in [0.25, 0.3) is 0 Å². The van der Waals surface area contributed by atoms with Crippen molar-refractivity contribution in [3.63, 3.8) is 0 Å². The smallest absolute Gasteiger partial charge is 0.191 e. The van der Waals surface area contributed by atoms with Gasteiger partial charge in [0.05, 0.1) is 0 Å². The first kappa shape index (κ1) is 13.7. The summed E-state index contributed by atoms with van der Waals surface area (Å²) in [5.74, 6) is 1.90. The van der Waals surface area contributed by atoms with Crippen molar-refractivity contribution in [2.24, 2.45) is 16.3 Å². The SMILES string of the molecule is CCCC1CC1NC(=NC)NCC1(CC)CCC1. The minimum atomic E-state index is 0.560. The van der Waals surface area contributed by atoms with Gasteiger partial charge in [-0.15, -0.1) is 0 Å². The Bertz CT molecular complexity index is 289. The van der Waals surface area contributed by atoms with Crippen molar-refractivity contribution in [1.29, 1.82) is 0 Å². The molecule has 0 heterocycles. The van der Waals surface area contributed by atoms with Gasteiger partial charge >= 0.3 is 0 Å². The van der Waals surface area contributed by atoms with Gasteiger partial charge in [-0.05, 0) is 43.4 Å². The quantitative estimate of drug-likeness (QED) is 0.562. The normalized spacial score (nSPS) is 29.6. The van der Waals surface area contributed by atoms with Gasteiger partial charge in [0.25, 0.3) is 0 Å². The molecule has 2 saturated carbocycles. The molecular formula is C15H29N3. The summed E-state index contributed by atoms with van der Waals surface area (Å²) in [6.45, 7) is 5.67. The zero-order valence-corrected chi connectivity index (χ0v) is 12.3. The van der Waals surface area contributed by atoms with Crippen LogP contribution < -0.4 is 10.6 Å². The Hall–Kier alpha value is -0.730. The van der Waals surface area contributed by atoms with Gasteiger partial charge in [0.15, 0.2) is 5.96 Å². The predicted octanol–water partition coefficient (Wildman–Crippen LogP) is 2.92. The molecule has 3 heteroatoms. The van der Waals surface area contributed by atoms with E-state index in [4.69, 9.17) is 0 Å². The molecule has 0 aromatic heterocycles. The molecule has 2 aliphatic carbocycles. The van der Waals surface area contributed by atoms with Crippen molar-refractivity contribution in [2.45, 2.75) is 64.8 Å². The van der Waals surface area contributed by atoms with Crippen molar-refractivity contribution in [3.8, 4) is 0 Å². The average Bonchev–Trinajstić information content (AvgIpc) is 3.05. The highest BCUT2D eigenvalue weighted by Crippen LogP contribution is 2.43. The van der Waals surface area contributed by atoms with Gasteiger partial charge < -0.3 is 10.6 Å². The molecule has 2 unspecified atom stereocenters. The highest BCUT2D eigenvalue weighted by Gasteiger charge is 2.38. The molecule has 0 aliphatic heterocycles. The van der Waals surface area contributed by atoms with Gasteiger partial charge in [-0.3, -0.25) is 4.99 Å². The fourth-order valence-electron chi connectivity index (χ4n) is 3.09. The molecule has 2 rings (SSSR count). The van der Waals surface area contributed by atoms with Crippen LogP contribution in [0.2, 0.25) is 0 Å². The van der Waals surface area contributed by atoms with E-state index in [2.05, 4.69) is 29.5 Å². The lowest BCUT2D eigenvalue weighted by atomic mass is 9.67. The third-order valence-corrected chi connectivity index (χ3v) is 4.92. The number of nitrogens with one attached hydrogen (secondary N) is 2. The number of nitrogens with zero attached hydrogens (tertiary/aromatic N) is 1. The summed E-state index contributed by atoms with van der Waals surface area (Å²) in [6.07, 6.45) is 9.45. The largest absolute Gasteiger partial charge is 0.356 e. The molecule has 0 spiro atoms. The molecule has 2 aliphatic rings. The first-order valence-electron chi connectivity index (χ1n) is 7.70. The minimum Gasteiger partial charge on any atom is -0.356 e. The van der Waals surface area contributed by atoms with Crippen molar-refractivity contribution >= 4 is 5.96 Å². The first-order chi connectivity index (χ1) is 8.73. The number of aliphatic imine (C=N–C) groups is 1. The van der Waals surface area contributed by atoms with Crippen LogP contribution in [0.4, 0.5) is 0 Å². The molecule has 0 bridgehead atoms. The van der Waals surface area contributed by atoms with Gasteiger partial charge in [-0.2, -0.15) is 0 Å². The Morgan fingerprint density at radius 3 is 2.61 bits per heavy atom. The van der Waals surface area contributed by atoms with Gasteiger partial charge in [-0.25, -0.2) is 0 Å². The summed E-state index contributed by atoms with van der Waals surface area (Å²) in [5, 5.41) is 7.10. The van der Waals surface area contributed by atoms with E-state index < -0.39 is 0 Å². The fraction of sp³-hybridized carbons (Fsp3) is 0.933. The van der Waals surface area contributed by atoms with Crippen molar-refractivity contribution in [3.05, 3.63) is 0 Å². The van der Waals surface area contributed by atoms with E-state index in [-0.39, 0.29) is 0 Å². The topological polar surface area (TPSA) is 36.4 Å². The maximum Gasteiger partial charge on any atom is 0.191 e. The summed E-state index contributed by atoms with van der Waals surface area (Å²) in [5.41, 5.74) is 0.560. The lowest BCUT2D eigenvalue weighted by molar-refractivity contribution is 0.131. The minimum absolute atomic E-state index is 0.560. The molecule has 0 amide bonds. The average molecular weight is 251 g/mol. The third-order valence-electron chi connectivity index (χ3n) is 4.92. The Balaban J connectivity index is 1.70. The van der Waals surface area contributed by atoms with Crippen LogP contribution in [-0.2, 0) is 0 Å². The maximum atomic E-state index is 4.35. The summed E-state index contributed by atoms with van der Waals surface area (Å²) in [6, 6.07) is 0.676. The number of hydrogen-bond acceptors (Lipinski definition) is 1. The molecular weight excluding hydrogens is 222 g/mol. The van der Waals surface area contributed by atoms with Gasteiger partial charge in [-0.1, -0.05) is 26.7 Å². The number of rotatable bonds is 6. The molecule has 3 nitrogen and oxygen atoms in total. The van der Waals surface area contributed by atoms with E-state index in [1.807, 2.05) is 7.05 Å². The second-order valence-electron chi connectivity index (χ2n) is 6.17.